The van der Waals surface area contributed by atoms with Crippen LogP contribution in [0.5, 0.6) is 0 Å². The van der Waals surface area contributed by atoms with E-state index in [1.165, 1.54) is 22.8 Å². The lowest BCUT2D eigenvalue weighted by Crippen LogP contribution is -1.85. The van der Waals surface area contributed by atoms with Crippen molar-refractivity contribution in [2.75, 3.05) is 17.4 Å². The van der Waals surface area contributed by atoms with Gasteiger partial charge in [0.1, 0.15) is 0 Å². The summed E-state index contributed by atoms with van der Waals surface area (Å²) >= 11 is 10.4. The molecule has 1 aromatic carbocycles. The van der Waals surface area contributed by atoms with Gasteiger partial charge in [0.2, 0.25) is 0 Å². The van der Waals surface area contributed by atoms with Gasteiger partial charge in [-0.2, -0.15) is 0 Å². The molecule has 0 radical (unpaired) electrons. The third kappa shape index (κ3) is 7.35. The summed E-state index contributed by atoms with van der Waals surface area (Å²) in [6.07, 6.45) is 1.01. The Hall–Kier alpha value is 0.750. The molecule has 0 fully saturated rings. The Morgan fingerprint density at radius 3 is 2.47 bits per heavy atom. The minimum atomic E-state index is -2.60. The zero-order valence-electron chi connectivity index (χ0n) is 11.0. The van der Waals surface area contributed by atoms with Gasteiger partial charge in [0.15, 0.2) is 0 Å². The van der Waals surface area contributed by atoms with Crippen molar-refractivity contribution in [3.8, 4) is 0 Å². The highest BCUT2D eigenvalue weighted by molar-refractivity contribution is 8.89. The highest BCUT2D eigenvalue weighted by Gasteiger charge is 2.23. The SMILES string of the molecule is CCCSP(=O)(OCC)SCSc1ccc(Cl)cc1. The van der Waals surface area contributed by atoms with Crippen LogP contribution in [0.4, 0.5) is 0 Å². The lowest BCUT2D eigenvalue weighted by atomic mass is 10.4. The van der Waals surface area contributed by atoms with Crippen LogP contribution in [-0.4, -0.2) is 17.4 Å². The maximum Gasteiger partial charge on any atom is 0.313 e. The van der Waals surface area contributed by atoms with Crippen LogP contribution in [-0.2, 0) is 9.09 Å². The van der Waals surface area contributed by atoms with Gasteiger partial charge in [0.25, 0.3) is 0 Å². The first-order valence-corrected chi connectivity index (χ1v) is 12.2. The Bertz CT molecular complexity index is 414. The quantitative estimate of drug-likeness (QED) is 0.289. The predicted octanol–water partition coefficient (Wildman–Crippen LogP) is 6.41. The molecule has 0 heterocycles. The van der Waals surface area contributed by atoms with E-state index in [1.807, 2.05) is 31.2 Å². The molecule has 108 valence electrons. The highest BCUT2D eigenvalue weighted by Crippen LogP contribution is 2.70. The molecule has 1 atom stereocenters. The lowest BCUT2D eigenvalue weighted by Gasteiger charge is -2.15. The number of hydrogen-bond acceptors (Lipinski definition) is 5. The first-order valence-electron chi connectivity index (χ1n) is 6.01. The molecule has 0 amide bonds. The van der Waals surface area contributed by atoms with Crippen LogP contribution < -0.4 is 0 Å². The lowest BCUT2D eigenvalue weighted by molar-refractivity contribution is 0.357. The van der Waals surface area contributed by atoms with Gasteiger partial charge in [0.05, 0.1) is 11.7 Å². The zero-order chi connectivity index (χ0) is 14.1. The summed E-state index contributed by atoms with van der Waals surface area (Å²) in [7, 11) is 0. The second-order valence-corrected chi connectivity index (χ2v) is 12.9. The van der Waals surface area contributed by atoms with Gasteiger partial charge in [-0.25, -0.2) is 0 Å². The Labute approximate surface area is 132 Å². The smallest absolute Gasteiger partial charge is 0.313 e. The fraction of sp³-hybridized carbons (Fsp3) is 0.500. The molecule has 7 heteroatoms. The van der Waals surface area contributed by atoms with Crippen molar-refractivity contribution in [1.82, 2.24) is 0 Å². The fourth-order valence-electron chi connectivity index (χ4n) is 1.16. The number of halogens is 1. The van der Waals surface area contributed by atoms with Crippen molar-refractivity contribution in [3.63, 3.8) is 0 Å². The van der Waals surface area contributed by atoms with Crippen LogP contribution in [0.25, 0.3) is 0 Å². The Morgan fingerprint density at radius 1 is 1.21 bits per heavy atom. The Balaban J connectivity index is 2.43. The molecule has 19 heavy (non-hydrogen) atoms. The summed E-state index contributed by atoms with van der Waals surface area (Å²) in [5, 5.41) is 1.45. The second kappa shape index (κ2) is 9.64. The summed E-state index contributed by atoms with van der Waals surface area (Å²) < 4.78 is 17.9. The second-order valence-electron chi connectivity index (χ2n) is 3.54. The topological polar surface area (TPSA) is 26.3 Å². The molecule has 0 N–H and O–H groups in total. The third-order valence-corrected chi connectivity index (χ3v) is 11.5. The normalized spacial score (nSPS) is 14.3. The molecule has 0 spiro atoms. The number of thioether (sulfide) groups is 1. The van der Waals surface area contributed by atoms with Gasteiger partial charge in [0, 0.05) is 15.7 Å². The maximum absolute atomic E-state index is 12.5. The molecule has 0 saturated carbocycles. The van der Waals surface area contributed by atoms with E-state index in [9.17, 15) is 4.57 Å². The highest BCUT2D eigenvalue weighted by atomic mass is 35.5. The molecule has 1 rings (SSSR count). The summed E-state index contributed by atoms with van der Waals surface area (Å²) in [4.78, 5) is 1.13. The van der Waals surface area contributed by atoms with Gasteiger partial charge in [-0.15, -0.1) is 11.8 Å². The van der Waals surface area contributed by atoms with Gasteiger partial charge in [-0.3, -0.25) is 4.57 Å². The van der Waals surface area contributed by atoms with Gasteiger partial charge in [-0.1, -0.05) is 29.9 Å². The maximum atomic E-state index is 12.5. The average Bonchev–Trinajstić information content (AvgIpc) is 2.39. The van der Waals surface area contributed by atoms with Gasteiger partial charge >= 0.3 is 5.77 Å². The van der Waals surface area contributed by atoms with Gasteiger partial charge < -0.3 is 4.52 Å². The third-order valence-electron chi connectivity index (χ3n) is 1.99. The van der Waals surface area contributed by atoms with Crippen molar-refractivity contribution in [1.29, 1.82) is 0 Å². The largest absolute Gasteiger partial charge is 0.314 e. The van der Waals surface area contributed by atoms with Crippen LogP contribution in [0, 0.1) is 0 Å². The van der Waals surface area contributed by atoms with Crippen LogP contribution in [0.3, 0.4) is 0 Å². The van der Waals surface area contributed by atoms with Crippen molar-refractivity contribution in [2.24, 2.45) is 0 Å². The summed E-state index contributed by atoms with van der Waals surface area (Å²) in [6, 6.07) is 7.67. The standard InChI is InChI=1S/C12H18ClO2PS3/c1-3-9-18-16(14,15-4-2)19-10-17-12-7-5-11(13)6-8-12/h5-8H,3-4,9-10H2,1-2H3. The van der Waals surface area contributed by atoms with E-state index in [4.69, 9.17) is 16.1 Å². The van der Waals surface area contributed by atoms with E-state index in [-0.39, 0.29) is 0 Å². The summed E-state index contributed by atoms with van der Waals surface area (Å²) in [5.74, 6) is -1.73. The Morgan fingerprint density at radius 2 is 1.89 bits per heavy atom. The average molecular weight is 357 g/mol. The molecular weight excluding hydrogens is 339 g/mol. The van der Waals surface area contributed by atoms with E-state index in [2.05, 4.69) is 6.92 Å². The monoisotopic (exact) mass is 356 g/mol. The van der Waals surface area contributed by atoms with E-state index in [0.29, 0.717) is 6.61 Å². The molecule has 0 aliphatic carbocycles. The van der Waals surface area contributed by atoms with E-state index >= 15 is 0 Å². The number of benzene rings is 1. The number of rotatable bonds is 9. The van der Waals surface area contributed by atoms with Crippen molar-refractivity contribution in [3.05, 3.63) is 29.3 Å². The van der Waals surface area contributed by atoms with Crippen molar-refractivity contribution >= 4 is 51.9 Å². The van der Waals surface area contributed by atoms with E-state index in [1.54, 1.807) is 11.8 Å². The molecular formula is C12H18ClO2PS3. The molecule has 1 aromatic rings. The minimum Gasteiger partial charge on any atom is -0.314 e. The molecule has 2 nitrogen and oxygen atoms in total. The first-order chi connectivity index (χ1) is 9.09. The van der Waals surface area contributed by atoms with Crippen molar-refractivity contribution < 1.29 is 9.09 Å². The molecule has 0 saturated heterocycles. The first kappa shape index (κ1) is 17.8. The van der Waals surface area contributed by atoms with Crippen LogP contribution in [0.1, 0.15) is 20.3 Å². The number of hydrogen-bond donors (Lipinski definition) is 0. The fourth-order valence-corrected chi connectivity index (χ4v) is 10.5. The molecule has 0 bridgehead atoms. The van der Waals surface area contributed by atoms with Gasteiger partial charge in [-0.05, 0) is 49.0 Å². The molecule has 0 aliphatic rings. The Kier molecular flexibility index (Phi) is 9.04. The van der Waals surface area contributed by atoms with Crippen LogP contribution in [0.15, 0.2) is 29.2 Å². The van der Waals surface area contributed by atoms with Crippen LogP contribution >= 0.6 is 51.9 Å². The molecule has 0 aromatic heterocycles. The summed E-state index contributed by atoms with van der Waals surface area (Å²) in [5.41, 5.74) is 0. The molecule has 0 aliphatic heterocycles. The van der Waals surface area contributed by atoms with E-state index < -0.39 is 5.77 Å². The van der Waals surface area contributed by atoms with Crippen LogP contribution in [0.2, 0.25) is 5.02 Å². The van der Waals surface area contributed by atoms with Crippen molar-refractivity contribution in [2.45, 2.75) is 25.2 Å². The summed E-state index contributed by atoms with van der Waals surface area (Å²) in [6.45, 7) is 4.45. The molecule has 1 unspecified atom stereocenters. The van der Waals surface area contributed by atoms with E-state index in [0.717, 1.165) is 27.2 Å². The zero-order valence-corrected chi connectivity index (χ0v) is 15.1. The predicted molar refractivity (Wildman–Crippen MR) is 91.7 cm³/mol. The minimum absolute atomic E-state index is 0.493.